The van der Waals surface area contributed by atoms with Gasteiger partial charge in [0, 0.05) is 32.1 Å². The summed E-state index contributed by atoms with van der Waals surface area (Å²) < 4.78 is 0. The monoisotopic (exact) mass is 295 g/mol. The number of urea groups is 1. The number of aromatic nitrogens is 2. The molecule has 0 aliphatic rings. The number of hydrogen-bond acceptors (Lipinski definition) is 5. The molecule has 21 heavy (non-hydrogen) atoms. The van der Waals surface area contributed by atoms with E-state index in [1.165, 1.54) is 6.33 Å². The summed E-state index contributed by atoms with van der Waals surface area (Å²) >= 11 is 0. The van der Waals surface area contributed by atoms with Gasteiger partial charge < -0.3 is 15.3 Å². The molecule has 116 valence electrons. The van der Waals surface area contributed by atoms with Gasteiger partial charge in [-0.05, 0) is 20.3 Å². The van der Waals surface area contributed by atoms with E-state index in [-0.39, 0.29) is 6.42 Å². The predicted octanol–water partition coefficient (Wildman–Crippen LogP) is 1.31. The molecule has 0 aromatic carbocycles. The van der Waals surface area contributed by atoms with Crippen LogP contribution >= 0.6 is 0 Å². The highest BCUT2D eigenvalue weighted by molar-refractivity contribution is 5.89. The summed E-state index contributed by atoms with van der Waals surface area (Å²) in [6, 6.07) is 1.21. The van der Waals surface area contributed by atoms with Gasteiger partial charge in [0.05, 0.1) is 0 Å². The van der Waals surface area contributed by atoms with Crippen molar-refractivity contribution < 1.29 is 14.7 Å². The molecule has 0 aliphatic carbocycles. The fourth-order valence-electron chi connectivity index (χ4n) is 1.60. The van der Waals surface area contributed by atoms with Gasteiger partial charge in [0.25, 0.3) is 0 Å². The highest BCUT2D eigenvalue weighted by Gasteiger charge is 2.21. The van der Waals surface area contributed by atoms with Crippen LogP contribution in [0.25, 0.3) is 0 Å². The summed E-state index contributed by atoms with van der Waals surface area (Å²) in [6.07, 6.45) is 1.69. The molecule has 0 saturated carbocycles. The molecule has 0 unspecified atom stereocenters. The van der Waals surface area contributed by atoms with Crippen LogP contribution < -0.4 is 15.5 Å². The third-order valence-corrected chi connectivity index (χ3v) is 2.77. The van der Waals surface area contributed by atoms with E-state index in [9.17, 15) is 9.59 Å². The van der Waals surface area contributed by atoms with Crippen LogP contribution in [-0.4, -0.2) is 46.7 Å². The fourth-order valence-corrected chi connectivity index (χ4v) is 1.60. The van der Waals surface area contributed by atoms with E-state index in [2.05, 4.69) is 20.6 Å². The van der Waals surface area contributed by atoms with Crippen molar-refractivity contribution in [1.82, 2.24) is 15.3 Å². The smallest absolute Gasteiger partial charge is 0.320 e. The van der Waals surface area contributed by atoms with Crippen LogP contribution in [-0.2, 0) is 4.79 Å². The minimum Gasteiger partial charge on any atom is -0.481 e. The Morgan fingerprint density at radius 2 is 2.00 bits per heavy atom. The van der Waals surface area contributed by atoms with Crippen molar-refractivity contribution in [2.75, 3.05) is 24.3 Å². The first-order valence-corrected chi connectivity index (χ1v) is 6.50. The Kier molecular flexibility index (Phi) is 5.45. The van der Waals surface area contributed by atoms with Crippen molar-refractivity contribution in [2.24, 2.45) is 0 Å². The Morgan fingerprint density at radius 1 is 1.33 bits per heavy atom. The zero-order valence-corrected chi connectivity index (χ0v) is 12.7. The number of aliphatic carboxylic acids is 1. The molecule has 0 atom stereocenters. The number of carboxylic acids is 1. The van der Waals surface area contributed by atoms with Crippen molar-refractivity contribution in [3.8, 4) is 0 Å². The van der Waals surface area contributed by atoms with Crippen LogP contribution in [0.15, 0.2) is 12.4 Å². The number of carbonyl (C=O) groups is 2. The summed E-state index contributed by atoms with van der Waals surface area (Å²) in [7, 11) is 3.67. The van der Waals surface area contributed by atoms with E-state index in [4.69, 9.17) is 5.11 Å². The lowest BCUT2D eigenvalue weighted by molar-refractivity contribution is -0.137. The maximum atomic E-state index is 11.9. The highest BCUT2D eigenvalue weighted by Crippen LogP contribution is 2.13. The largest absolute Gasteiger partial charge is 0.481 e. The van der Waals surface area contributed by atoms with E-state index >= 15 is 0 Å². The normalized spacial score (nSPS) is 10.9. The Hall–Kier alpha value is -2.38. The highest BCUT2D eigenvalue weighted by atomic mass is 16.4. The molecule has 0 bridgehead atoms. The topological polar surface area (TPSA) is 107 Å². The first-order chi connectivity index (χ1) is 9.69. The second kappa shape index (κ2) is 6.87. The molecule has 8 nitrogen and oxygen atoms in total. The lowest BCUT2D eigenvalue weighted by Crippen LogP contribution is -2.45. The van der Waals surface area contributed by atoms with Crippen LogP contribution in [0.2, 0.25) is 0 Å². The first kappa shape index (κ1) is 16.7. The van der Waals surface area contributed by atoms with Gasteiger partial charge in [0.15, 0.2) is 0 Å². The number of carboxylic acid groups (broad SMARTS) is 1. The molecule has 1 rings (SSSR count). The molecule has 0 radical (unpaired) electrons. The summed E-state index contributed by atoms with van der Waals surface area (Å²) in [4.78, 5) is 32.3. The zero-order valence-electron chi connectivity index (χ0n) is 12.7. The van der Waals surface area contributed by atoms with Crippen molar-refractivity contribution in [1.29, 1.82) is 0 Å². The number of amides is 2. The Bertz CT molecular complexity index is 516. The number of nitrogens with zero attached hydrogens (tertiary/aromatic N) is 3. The SMILES string of the molecule is CN(C)c1cc(NC(=O)NC(C)(C)CCC(=O)O)ncn1. The fraction of sp³-hybridized carbons (Fsp3) is 0.538. The van der Waals surface area contributed by atoms with Gasteiger partial charge in [-0.3, -0.25) is 10.1 Å². The second-order valence-electron chi connectivity index (χ2n) is 5.51. The van der Waals surface area contributed by atoms with E-state index in [0.29, 0.717) is 18.1 Å². The number of carbonyl (C=O) groups excluding carboxylic acids is 1. The van der Waals surface area contributed by atoms with E-state index in [1.54, 1.807) is 24.8 Å². The quantitative estimate of drug-likeness (QED) is 0.730. The Balaban J connectivity index is 2.60. The second-order valence-corrected chi connectivity index (χ2v) is 5.51. The molecule has 3 N–H and O–H groups in total. The van der Waals surface area contributed by atoms with Gasteiger partial charge in [0.1, 0.15) is 18.0 Å². The lowest BCUT2D eigenvalue weighted by atomic mass is 9.99. The first-order valence-electron chi connectivity index (χ1n) is 6.50. The van der Waals surface area contributed by atoms with Crippen LogP contribution in [0.5, 0.6) is 0 Å². The molecular formula is C13H21N5O3. The third kappa shape index (κ3) is 6.07. The average Bonchev–Trinajstić information content (AvgIpc) is 2.36. The molecule has 0 saturated heterocycles. The van der Waals surface area contributed by atoms with Crippen molar-refractivity contribution in [2.45, 2.75) is 32.2 Å². The Labute approximate surface area is 123 Å². The van der Waals surface area contributed by atoms with Crippen molar-refractivity contribution in [3.63, 3.8) is 0 Å². The molecule has 1 heterocycles. The van der Waals surface area contributed by atoms with Gasteiger partial charge in [-0.1, -0.05) is 0 Å². The molecule has 8 heteroatoms. The van der Waals surface area contributed by atoms with E-state index < -0.39 is 17.5 Å². The lowest BCUT2D eigenvalue weighted by Gasteiger charge is -2.25. The molecule has 1 aromatic rings. The van der Waals surface area contributed by atoms with Crippen molar-refractivity contribution in [3.05, 3.63) is 12.4 Å². The predicted molar refractivity (Wildman–Crippen MR) is 79.5 cm³/mol. The molecule has 1 aromatic heterocycles. The summed E-state index contributed by atoms with van der Waals surface area (Å²) in [5.74, 6) is 0.155. The maximum Gasteiger partial charge on any atom is 0.320 e. The number of anilines is 2. The van der Waals surface area contributed by atoms with Gasteiger partial charge in [-0.2, -0.15) is 0 Å². The molecule has 0 fully saturated rings. The number of nitrogens with one attached hydrogen (secondary N) is 2. The minimum absolute atomic E-state index is 0.00837. The zero-order chi connectivity index (χ0) is 16.0. The average molecular weight is 295 g/mol. The van der Waals surface area contributed by atoms with Gasteiger partial charge in [-0.25, -0.2) is 14.8 Å². The van der Waals surface area contributed by atoms with Gasteiger partial charge >= 0.3 is 12.0 Å². The third-order valence-electron chi connectivity index (χ3n) is 2.77. The molecule has 2 amide bonds. The summed E-state index contributed by atoms with van der Waals surface area (Å²) in [5.41, 5.74) is -0.625. The number of hydrogen-bond donors (Lipinski definition) is 3. The summed E-state index contributed by atoms with van der Waals surface area (Å²) in [6.45, 7) is 3.53. The standard InChI is InChI=1S/C13H21N5O3/c1-13(2,6-5-11(19)20)17-12(21)16-9-7-10(18(3)4)15-8-14-9/h7-8H,5-6H2,1-4H3,(H,19,20)(H2,14,15,16,17,21). The molecular weight excluding hydrogens is 274 g/mol. The van der Waals surface area contributed by atoms with Crippen LogP contribution in [0.1, 0.15) is 26.7 Å². The Morgan fingerprint density at radius 3 is 2.57 bits per heavy atom. The molecule has 0 aliphatic heterocycles. The van der Waals surface area contributed by atoms with Crippen molar-refractivity contribution >= 4 is 23.6 Å². The van der Waals surface area contributed by atoms with Crippen LogP contribution in [0.3, 0.4) is 0 Å². The summed E-state index contributed by atoms with van der Waals surface area (Å²) in [5, 5.41) is 14.0. The number of rotatable bonds is 6. The van der Waals surface area contributed by atoms with Gasteiger partial charge in [0.2, 0.25) is 0 Å². The van der Waals surface area contributed by atoms with E-state index in [0.717, 1.165) is 0 Å². The molecule has 0 spiro atoms. The maximum absolute atomic E-state index is 11.9. The van der Waals surface area contributed by atoms with E-state index in [1.807, 2.05) is 14.1 Å². The van der Waals surface area contributed by atoms with Gasteiger partial charge in [-0.15, -0.1) is 0 Å². The minimum atomic E-state index is -0.892. The van der Waals surface area contributed by atoms with Crippen LogP contribution in [0.4, 0.5) is 16.4 Å². The van der Waals surface area contributed by atoms with Crippen LogP contribution in [0, 0.1) is 0 Å².